The molecule has 168 valence electrons. The highest BCUT2D eigenvalue weighted by Gasteiger charge is 2.35. The number of benzene rings is 1. The standard InChI is InChI=1S/C20H17ClF3N5O2S/c21-16-4-3-15(20(22,23)24)12-18(16)32(30,31)29-10-8-28(9-11-29)19-6-5-17(26-27-19)14-2-1-7-25-13-14/h1-7,12-13H,8-11H2. The van der Waals surface area contributed by atoms with E-state index < -0.39 is 26.7 Å². The third-order valence-electron chi connectivity index (χ3n) is 5.05. The van der Waals surface area contributed by atoms with Crippen LogP contribution < -0.4 is 4.90 Å². The highest BCUT2D eigenvalue weighted by atomic mass is 35.5. The van der Waals surface area contributed by atoms with E-state index in [1.54, 1.807) is 30.6 Å². The van der Waals surface area contributed by atoms with Crippen molar-refractivity contribution in [3.05, 3.63) is 65.4 Å². The summed E-state index contributed by atoms with van der Waals surface area (Å²) in [6, 6.07) is 9.52. The minimum Gasteiger partial charge on any atom is -0.352 e. The van der Waals surface area contributed by atoms with Gasteiger partial charge in [0.1, 0.15) is 4.90 Å². The zero-order valence-electron chi connectivity index (χ0n) is 16.5. The first-order valence-corrected chi connectivity index (χ1v) is 11.3. The van der Waals surface area contributed by atoms with E-state index in [1.165, 1.54) is 0 Å². The lowest BCUT2D eigenvalue weighted by atomic mass is 10.2. The Kier molecular flexibility index (Phi) is 6.06. The van der Waals surface area contributed by atoms with Gasteiger partial charge in [0.15, 0.2) is 5.82 Å². The summed E-state index contributed by atoms with van der Waals surface area (Å²) in [7, 11) is -4.19. The van der Waals surface area contributed by atoms with Crippen molar-refractivity contribution < 1.29 is 21.6 Å². The molecule has 1 aliphatic rings. The molecular weight excluding hydrogens is 467 g/mol. The van der Waals surface area contributed by atoms with Crippen LogP contribution in [0.4, 0.5) is 19.0 Å². The molecule has 0 saturated carbocycles. The average molecular weight is 484 g/mol. The molecule has 1 saturated heterocycles. The number of aromatic nitrogens is 3. The lowest BCUT2D eigenvalue weighted by molar-refractivity contribution is -0.137. The van der Waals surface area contributed by atoms with Crippen molar-refractivity contribution in [2.24, 2.45) is 0 Å². The van der Waals surface area contributed by atoms with Gasteiger partial charge < -0.3 is 4.90 Å². The van der Waals surface area contributed by atoms with Gasteiger partial charge in [-0.25, -0.2) is 8.42 Å². The molecule has 7 nitrogen and oxygen atoms in total. The Morgan fingerprint density at radius 1 is 0.969 bits per heavy atom. The third kappa shape index (κ3) is 4.54. The molecule has 0 aliphatic carbocycles. The van der Waals surface area contributed by atoms with E-state index in [1.807, 2.05) is 11.0 Å². The number of rotatable bonds is 4. The quantitative estimate of drug-likeness (QED) is 0.562. The summed E-state index contributed by atoms with van der Waals surface area (Å²) in [6.45, 7) is 0.745. The Morgan fingerprint density at radius 3 is 2.31 bits per heavy atom. The van der Waals surface area contributed by atoms with Crippen LogP contribution in [0.3, 0.4) is 0 Å². The number of hydrogen-bond acceptors (Lipinski definition) is 6. The fourth-order valence-corrected chi connectivity index (χ4v) is 5.26. The molecule has 32 heavy (non-hydrogen) atoms. The number of piperazine rings is 1. The van der Waals surface area contributed by atoms with Gasteiger partial charge >= 0.3 is 6.18 Å². The molecule has 0 bridgehead atoms. The van der Waals surface area contributed by atoms with Crippen molar-refractivity contribution >= 4 is 27.4 Å². The summed E-state index contributed by atoms with van der Waals surface area (Å²) in [5.74, 6) is 0.576. The molecule has 0 unspecified atom stereocenters. The number of nitrogens with zero attached hydrogens (tertiary/aromatic N) is 5. The SMILES string of the molecule is O=S(=O)(c1cc(C(F)(F)F)ccc1Cl)N1CCN(c2ccc(-c3cccnc3)nn2)CC1. The van der Waals surface area contributed by atoms with Gasteiger partial charge in [-0.15, -0.1) is 10.2 Å². The monoisotopic (exact) mass is 483 g/mol. The fraction of sp³-hybridized carbons (Fsp3) is 0.250. The van der Waals surface area contributed by atoms with Crippen molar-refractivity contribution in [2.75, 3.05) is 31.1 Å². The van der Waals surface area contributed by atoms with Crippen LogP contribution in [0.1, 0.15) is 5.56 Å². The number of halogens is 4. The first-order valence-electron chi connectivity index (χ1n) is 9.52. The average Bonchev–Trinajstić information content (AvgIpc) is 2.79. The number of sulfonamides is 1. The van der Waals surface area contributed by atoms with Crippen LogP contribution in [0.25, 0.3) is 11.3 Å². The molecule has 0 spiro atoms. The van der Waals surface area contributed by atoms with E-state index in [0.717, 1.165) is 22.0 Å². The number of anilines is 1. The second-order valence-corrected chi connectivity index (χ2v) is 9.37. The van der Waals surface area contributed by atoms with Gasteiger partial charge in [0.25, 0.3) is 0 Å². The maximum Gasteiger partial charge on any atom is 0.416 e. The molecule has 0 N–H and O–H groups in total. The zero-order chi connectivity index (χ0) is 22.9. The Labute approximate surface area is 187 Å². The van der Waals surface area contributed by atoms with E-state index in [0.29, 0.717) is 30.7 Å². The highest BCUT2D eigenvalue weighted by molar-refractivity contribution is 7.89. The molecule has 0 radical (unpaired) electrons. The molecule has 0 amide bonds. The Bertz CT molecular complexity index is 1200. The van der Waals surface area contributed by atoms with Gasteiger partial charge in [0, 0.05) is 44.1 Å². The number of pyridine rings is 1. The predicted octanol–water partition coefficient (Wildman–Crippen LogP) is 3.72. The zero-order valence-corrected chi connectivity index (χ0v) is 18.1. The summed E-state index contributed by atoms with van der Waals surface area (Å²) < 4.78 is 66.1. The second-order valence-electron chi connectivity index (χ2n) is 7.05. The first kappa shape index (κ1) is 22.4. The maximum absolute atomic E-state index is 13.0. The van der Waals surface area contributed by atoms with E-state index in [2.05, 4.69) is 15.2 Å². The summed E-state index contributed by atoms with van der Waals surface area (Å²) in [6.07, 6.45) is -1.34. The maximum atomic E-state index is 13.0. The van der Waals surface area contributed by atoms with Gasteiger partial charge in [-0.05, 0) is 42.5 Å². The predicted molar refractivity (Wildman–Crippen MR) is 113 cm³/mol. The van der Waals surface area contributed by atoms with Gasteiger partial charge in [0.05, 0.1) is 16.3 Å². The van der Waals surface area contributed by atoms with Gasteiger partial charge in [-0.1, -0.05) is 11.6 Å². The molecule has 12 heteroatoms. The lowest BCUT2D eigenvalue weighted by Crippen LogP contribution is -2.49. The normalized spacial score (nSPS) is 15.7. The van der Waals surface area contributed by atoms with Gasteiger partial charge in [-0.2, -0.15) is 17.5 Å². The largest absolute Gasteiger partial charge is 0.416 e. The molecular formula is C20H17ClF3N5O2S. The summed E-state index contributed by atoms with van der Waals surface area (Å²) in [5, 5.41) is 8.15. The van der Waals surface area contributed by atoms with Crippen molar-refractivity contribution in [2.45, 2.75) is 11.1 Å². The smallest absolute Gasteiger partial charge is 0.352 e. The van der Waals surface area contributed by atoms with Crippen LogP contribution >= 0.6 is 11.6 Å². The van der Waals surface area contributed by atoms with E-state index in [4.69, 9.17) is 11.6 Å². The van der Waals surface area contributed by atoms with Crippen molar-refractivity contribution in [3.63, 3.8) is 0 Å². The lowest BCUT2D eigenvalue weighted by Gasteiger charge is -2.34. The van der Waals surface area contributed by atoms with Crippen LogP contribution in [-0.4, -0.2) is 54.1 Å². The Hall–Kier alpha value is -2.76. The van der Waals surface area contributed by atoms with Gasteiger partial charge in [0.2, 0.25) is 10.0 Å². The van der Waals surface area contributed by atoms with E-state index >= 15 is 0 Å². The van der Waals surface area contributed by atoms with Crippen LogP contribution in [-0.2, 0) is 16.2 Å². The minimum atomic E-state index is -4.67. The second kappa shape index (κ2) is 8.64. The highest BCUT2D eigenvalue weighted by Crippen LogP contribution is 2.34. The molecule has 1 fully saturated rings. The van der Waals surface area contributed by atoms with E-state index in [-0.39, 0.29) is 18.1 Å². The molecule has 3 aromatic rings. The number of alkyl halides is 3. The summed E-state index contributed by atoms with van der Waals surface area (Å²) in [5.41, 5.74) is 0.408. The van der Waals surface area contributed by atoms with Crippen LogP contribution in [0.5, 0.6) is 0 Å². The minimum absolute atomic E-state index is 0.0704. The molecule has 1 aliphatic heterocycles. The van der Waals surface area contributed by atoms with Crippen molar-refractivity contribution in [1.82, 2.24) is 19.5 Å². The Morgan fingerprint density at radius 2 is 1.72 bits per heavy atom. The molecule has 2 aromatic heterocycles. The third-order valence-corrected chi connectivity index (χ3v) is 7.43. The van der Waals surface area contributed by atoms with Gasteiger partial charge in [-0.3, -0.25) is 4.98 Å². The van der Waals surface area contributed by atoms with Crippen LogP contribution in [0.2, 0.25) is 5.02 Å². The molecule has 4 rings (SSSR count). The first-order chi connectivity index (χ1) is 15.2. The summed E-state index contributed by atoms with van der Waals surface area (Å²) in [4.78, 5) is 5.35. The van der Waals surface area contributed by atoms with Crippen molar-refractivity contribution in [3.8, 4) is 11.3 Å². The fourth-order valence-electron chi connectivity index (χ4n) is 3.34. The molecule has 1 aromatic carbocycles. The Balaban J connectivity index is 1.48. The van der Waals surface area contributed by atoms with Crippen LogP contribution in [0, 0.1) is 0 Å². The summed E-state index contributed by atoms with van der Waals surface area (Å²) >= 11 is 5.93. The molecule has 0 atom stereocenters. The number of hydrogen-bond donors (Lipinski definition) is 0. The molecule has 3 heterocycles. The topological polar surface area (TPSA) is 79.3 Å². The van der Waals surface area contributed by atoms with E-state index in [9.17, 15) is 21.6 Å². The van der Waals surface area contributed by atoms with Crippen molar-refractivity contribution in [1.29, 1.82) is 0 Å². The van der Waals surface area contributed by atoms with Crippen LogP contribution in [0.15, 0.2) is 59.8 Å².